The van der Waals surface area contributed by atoms with Crippen LogP contribution in [0.1, 0.15) is 20.8 Å². The van der Waals surface area contributed by atoms with E-state index in [1.807, 2.05) is 20.8 Å². The third kappa shape index (κ3) is 5.25. The van der Waals surface area contributed by atoms with Crippen LogP contribution in [0.4, 0.5) is 0 Å². The van der Waals surface area contributed by atoms with Crippen molar-refractivity contribution in [2.24, 2.45) is 5.92 Å². The quantitative estimate of drug-likeness (QED) is 0.753. The molecular formula is C14H22BrNO4S. The topological polar surface area (TPSA) is 64.6 Å². The van der Waals surface area contributed by atoms with Crippen molar-refractivity contribution in [3.8, 4) is 5.75 Å². The van der Waals surface area contributed by atoms with Gasteiger partial charge in [0.25, 0.3) is 0 Å². The van der Waals surface area contributed by atoms with Crippen LogP contribution < -0.4 is 9.46 Å². The van der Waals surface area contributed by atoms with Gasteiger partial charge in [0.1, 0.15) is 10.6 Å². The molecule has 0 bridgehead atoms. The number of methoxy groups -OCH3 is 1. The summed E-state index contributed by atoms with van der Waals surface area (Å²) in [7, 11) is -2.24. The maximum Gasteiger partial charge on any atom is 0.244 e. The molecule has 0 radical (unpaired) electrons. The highest BCUT2D eigenvalue weighted by atomic mass is 79.9. The Morgan fingerprint density at radius 1 is 1.33 bits per heavy atom. The van der Waals surface area contributed by atoms with Crippen LogP contribution >= 0.6 is 15.9 Å². The lowest BCUT2D eigenvalue weighted by molar-refractivity contribution is 0.116. The molecule has 0 aromatic heterocycles. The number of hydrogen-bond donors (Lipinski definition) is 1. The molecule has 5 nitrogen and oxygen atoms in total. The summed E-state index contributed by atoms with van der Waals surface area (Å²) in [6.45, 7) is 6.66. The Hall–Kier alpha value is -0.630. The molecule has 0 fully saturated rings. The Bertz CT molecular complexity index is 560. The average Bonchev–Trinajstić information content (AvgIpc) is 2.43. The lowest BCUT2D eigenvalue weighted by atomic mass is 10.1. The number of halogens is 1. The van der Waals surface area contributed by atoms with Gasteiger partial charge in [-0.05, 0) is 31.0 Å². The van der Waals surface area contributed by atoms with Gasteiger partial charge in [0.2, 0.25) is 10.0 Å². The van der Waals surface area contributed by atoms with Crippen LogP contribution in [0.25, 0.3) is 0 Å². The fourth-order valence-corrected chi connectivity index (χ4v) is 3.81. The zero-order valence-corrected chi connectivity index (χ0v) is 15.1. The summed E-state index contributed by atoms with van der Waals surface area (Å²) >= 11 is 3.28. The fourth-order valence-electron chi connectivity index (χ4n) is 1.73. The highest BCUT2D eigenvalue weighted by Crippen LogP contribution is 2.27. The molecule has 1 rings (SSSR count). The van der Waals surface area contributed by atoms with Crippen LogP contribution in [0.2, 0.25) is 0 Å². The third-order valence-corrected chi connectivity index (χ3v) is 5.03. The normalized spacial score (nSPS) is 13.4. The first-order valence-electron chi connectivity index (χ1n) is 6.75. The van der Waals surface area contributed by atoms with Crippen LogP contribution in [0, 0.1) is 5.92 Å². The van der Waals surface area contributed by atoms with Crippen molar-refractivity contribution in [1.82, 2.24) is 4.72 Å². The van der Waals surface area contributed by atoms with E-state index in [2.05, 4.69) is 20.7 Å². The van der Waals surface area contributed by atoms with Gasteiger partial charge in [-0.25, -0.2) is 13.1 Å². The Morgan fingerprint density at radius 2 is 2.00 bits per heavy atom. The van der Waals surface area contributed by atoms with Crippen molar-refractivity contribution < 1.29 is 17.9 Å². The van der Waals surface area contributed by atoms with Gasteiger partial charge in [0.15, 0.2) is 0 Å². The van der Waals surface area contributed by atoms with Gasteiger partial charge >= 0.3 is 0 Å². The van der Waals surface area contributed by atoms with Gasteiger partial charge in [0.05, 0.1) is 13.7 Å². The van der Waals surface area contributed by atoms with Crippen LogP contribution in [0.5, 0.6) is 5.75 Å². The fraction of sp³-hybridized carbons (Fsp3) is 0.571. The van der Waals surface area contributed by atoms with Gasteiger partial charge in [-0.1, -0.05) is 29.8 Å². The zero-order valence-electron chi connectivity index (χ0n) is 12.7. The minimum Gasteiger partial charge on any atom is -0.495 e. The maximum atomic E-state index is 12.6. The summed E-state index contributed by atoms with van der Waals surface area (Å²) < 4.78 is 39.0. The first-order valence-corrected chi connectivity index (χ1v) is 9.03. The lowest BCUT2D eigenvalue weighted by Gasteiger charge is -2.22. The first kappa shape index (κ1) is 18.4. The molecular weight excluding hydrogens is 358 g/mol. The minimum atomic E-state index is -3.69. The highest BCUT2D eigenvalue weighted by molar-refractivity contribution is 9.10. The number of benzene rings is 1. The van der Waals surface area contributed by atoms with E-state index in [4.69, 9.17) is 9.47 Å². The number of hydrogen-bond acceptors (Lipinski definition) is 4. The van der Waals surface area contributed by atoms with Crippen LogP contribution in [0.15, 0.2) is 27.6 Å². The second-order valence-corrected chi connectivity index (χ2v) is 7.52. The van der Waals surface area contributed by atoms with Crippen molar-refractivity contribution in [3.05, 3.63) is 22.7 Å². The van der Waals surface area contributed by atoms with E-state index < -0.39 is 10.0 Å². The predicted octanol–water partition coefficient (Wildman–Crippen LogP) is 2.80. The van der Waals surface area contributed by atoms with E-state index >= 15 is 0 Å². The van der Waals surface area contributed by atoms with E-state index in [-0.39, 0.29) is 16.9 Å². The molecule has 1 unspecified atom stereocenters. The van der Waals surface area contributed by atoms with E-state index in [1.54, 1.807) is 12.1 Å². The Morgan fingerprint density at radius 3 is 2.52 bits per heavy atom. The summed E-state index contributed by atoms with van der Waals surface area (Å²) in [5, 5.41) is 0. The Balaban J connectivity index is 3.07. The third-order valence-electron chi connectivity index (χ3n) is 3.03. The van der Waals surface area contributed by atoms with Crippen LogP contribution in [-0.4, -0.2) is 34.8 Å². The van der Waals surface area contributed by atoms with Crippen molar-refractivity contribution in [1.29, 1.82) is 0 Å². The van der Waals surface area contributed by atoms with Crippen molar-refractivity contribution in [2.45, 2.75) is 31.7 Å². The Kier molecular flexibility index (Phi) is 7.12. The molecule has 7 heteroatoms. The monoisotopic (exact) mass is 379 g/mol. The van der Waals surface area contributed by atoms with E-state index in [9.17, 15) is 8.42 Å². The highest BCUT2D eigenvalue weighted by Gasteiger charge is 2.25. The number of nitrogens with one attached hydrogen (secondary N) is 1. The second-order valence-electron chi connectivity index (χ2n) is 4.93. The van der Waals surface area contributed by atoms with Crippen LogP contribution in [0.3, 0.4) is 0 Å². The molecule has 0 amide bonds. The van der Waals surface area contributed by atoms with Crippen molar-refractivity contribution in [3.63, 3.8) is 0 Å². The van der Waals surface area contributed by atoms with Crippen molar-refractivity contribution in [2.75, 3.05) is 20.3 Å². The van der Waals surface area contributed by atoms with Gasteiger partial charge in [-0.2, -0.15) is 0 Å². The van der Waals surface area contributed by atoms with Crippen LogP contribution in [-0.2, 0) is 14.8 Å². The molecule has 0 aliphatic heterocycles. The molecule has 0 spiro atoms. The van der Waals surface area contributed by atoms with Crippen molar-refractivity contribution >= 4 is 26.0 Å². The number of rotatable bonds is 8. The summed E-state index contributed by atoms with van der Waals surface area (Å²) in [6, 6.07) is 4.58. The van der Waals surface area contributed by atoms with Gasteiger partial charge in [-0.3, -0.25) is 0 Å². The molecule has 1 aromatic rings. The minimum absolute atomic E-state index is 0.113. The number of sulfonamides is 1. The molecule has 0 aliphatic carbocycles. The summed E-state index contributed by atoms with van der Waals surface area (Å²) in [4.78, 5) is 0.113. The largest absolute Gasteiger partial charge is 0.495 e. The van der Waals surface area contributed by atoms with E-state index in [0.29, 0.717) is 23.4 Å². The molecule has 0 saturated carbocycles. The maximum absolute atomic E-state index is 12.6. The number of ether oxygens (including phenoxy) is 2. The lowest BCUT2D eigenvalue weighted by Crippen LogP contribution is -2.41. The summed E-state index contributed by atoms with van der Waals surface area (Å²) in [6.07, 6.45) is 0. The molecule has 0 saturated heterocycles. The summed E-state index contributed by atoms with van der Waals surface area (Å²) in [5.74, 6) is 0.425. The smallest absolute Gasteiger partial charge is 0.244 e. The van der Waals surface area contributed by atoms with Gasteiger partial charge < -0.3 is 9.47 Å². The molecule has 0 aliphatic rings. The standard InChI is InChI=1S/C14H22BrNO4S/c1-5-20-9-12(10(2)3)16-21(17,18)14-8-11(15)6-7-13(14)19-4/h6-8,10,12,16H,5,9H2,1-4H3. The van der Waals surface area contributed by atoms with E-state index in [1.165, 1.54) is 13.2 Å². The SMILES string of the molecule is CCOCC(NS(=O)(=O)c1cc(Br)ccc1OC)C(C)C. The predicted molar refractivity (Wildman–Crippen MR) is 86.1 cm³/mol. The Labute approximate surface area is 135 Å². The molecule has 120 valence electrons. The van der Waals surface area contributed by atoms with E-state index in [0.717, 1.165) is 0 Å². The molecule has 21 heavy (non-hydrogen) atoms. The van der Waals surface area contributed by atoms with Gasteiger partial charge in [0, 0.05) is 17.1 Å². The first-order chi connectivity index (χ1) is 9.81. The summed E-state index contributed by atoms with van der Waals surface area (Å²) in [5.41, 5.74) is 0. The molecule has 1 N–H and O–H groups in total. The second kappa shape index (κ2) is 8.12. The molecule has 0 heterocycles. The molecule has 1 atom stereocenters. The molecule has 1 aromatic carbocycles. The average molecular weight is 380 g/mol. The van der Waals surface area contributed by atoms with Gasteiger partial charge in [-0.15, -0.1) is 0 Å². The zero-order chi connectivity index (χ0) is 16.0.